The van der Waals surface area contributed by atoms with Crippen LogP contribution < -0.4 is 0 Å². The molecule has 3 nitrogen and oxygen atoms in total. The van der Waals surface area contributed by atoms with Crippen LogP contribution in [0.5, 0.6) is 0 Å². The second kappa shape index (κ2) is 5.61. The van der Waals surface area contributed by atoms with E-state index in [0.717, 1.165) is 19.5 Å². The molecule has 1 saturated carbocycles. The average molecular weight is 234 g/mol. The van der Waals surface area contributed by atoms with E-state index < -0.39 is 0 Å². The first kappa shape index (κ1) is 12.5. The van der Waals surface area contributed by atoms with E-state index in [-0.39, 0.29) is 5.41 Å². The molecule has 0 bridgehead atoms. The summed E-state index contributed by atoms with van der Waals surface area (Å²) in [5, 5.41) is 9.43. The van der Waals surface area contributed by atoms with Crippen LogP contribution >= 0.6 is 0 Å². The SMILES string of the molecule is CN(CCc1cccnc1)CC1(CO)CCC1. The zero-order valence-corrected chi connectivity index (χ0v) is 10.6. The van der Waals surface area contributed by atoms with Crippen molar-refractivity contribution in [2.45, 2.75) is 25.7 Å². The smallest absolute Gasteiger partial charge is 0.0499 e. The molecule has 1 aliphatic carbocycles. The standard InChI is InChI=1S/C14H22N2O/c1-16(11-14(12-17)6-3-7-14)9-5-13-4-2-8-15-10-13/h2,4,8,10,17H,3,5-7,9,11-12H2,1H3. The van der Waals surface area contributed by atoms with Crippen molar-refractivity contribution in [1.82, 2.24) is 9.88 Å². The van der Waals surface area contributed by atoms with Gasteiger partial charge in [-0.2, -0.15) is 0 Å². The lowest BCUT2D eigenvalue weighted by Crippen LogP contribution is -2.44. The molecular formula is C14H22N2O. The molecule has 1 heterocycles. The molecule has 0 spiro atoms. The van der Waals surface area contributed by atoms with E-state index in [4.69, 9.17) is 0 Å². The van der Waals surface area contributed by atoms with Crippen LogP contribution in [0.1, 0.15) is 24.8 Å². The average Bonchev–Trinajstić information content (AvgIpc) is 2.33. The Labute approximate surface area is 103 Å². The van der Waals surface area contributed by atoms with Gasteiger partial charge in [0.15, 0.2) is 0 Å². The van der Waals surface area contributed by atoms with Crippen LogP contribution in [0.4, 0.5) is 0 Å². The number of nitrogens with zero attached hydrogens (tertiary/aromatic N) is 2. The minimum atomic E-state index is 0.198. The van der Waals surface area contributed by atoms with Gasteiger partial charge in [0.05, 0.1) is 0 Å². The van der Waals surface area contributed by atoms with Gasteiger partial charge in [-0.25, -0.2) is 0 Å². The highest BCUT2D eigenvalue weighted by molar-refractivity contribution is 5.08. The van der Waals surface area contributed by atoms with E-state index in [1.807, 2.05) is 18.5 Å². The van der Waals surface area contributed by atoms with Crippen LogP contribution in [-0.4, -0.2) is 41.7 Å². The summed E-state index contributed by atoms with van der Waals surface area (Å²) < 4.78 is 0. The highest BCUT2D eigenvalue weighted by atomic mass is 16.3. The molecule has 94 valence electrons. The van der Waals surface area contributed by atoms with Gasteiger partial charge in [-0.05, 0) is 37.9 Å². The zero-order chi connectivity index (χ0) is 12.1. The number of rotatable bonds is 6. The minimum absolute atomic E-state index is 0.198. The largest absolute Gasteiger partial charge is 0.396 e. The first-order valence-electron chi connectivity index (χ1n) is 6.42. The molecule has 1 N–H and O–H groups in total. The Morgan fingerprint density at radius 3 is 2.82 bits per heavy atom. The summed E-state index contributed by atoms with van der Waals surface area (Å²) in [6.07, 6.45) is 8.41. The van der Waals surface area contributed by atoms with E-state index in [9.17, 15) is 5.11 Å². The van der Waals surface area contributed by atoms with Crippen LogP contribution in [0.2, 0.25) is 0 Å². The summed E-state index contributed by atoms with van der Waals surface area (Å²) in [6, 6.07) is 4.10. The van der Waals surface area contributed by atoms with Gasteiger partial charge >= 0.3 is 0 Å². The molecule has 2 rings (SSSR count). The summed E-state index contributed by atoms with van der Waals surface area (Å²) in [4.78, 5) is 6.46. The summed E-state index contributed by atoms with van der Waals surface area (Å²) in [7, 11) is 2.14. The van der Waals surface area contributed by atoms with Gasteiger partial charge in [0.25, 0.3) is 0 Å². The van der Waals surface area contributed by atoms with Gasteiger partial charge in [0.1, 0.15) is 0 Å². The van der Waals surface area contributed by atoms with Crippen LogP contribution in [-0.2, 0) is 6.42 Å². The molecule has 0 radical (unpaired) electrons. The molecular weight excluding hydrogens is 212 g/mol. The van der Waals surface area contributed by atoms with Crippen molar-refractivity contribution in [3.05, 3.63) is 30.1 Å². The molecule has 1 fully saturated rings. The van der Waals surface area contributed by atoms with E-state index in [1.165, 1.54) is 24.8 Å². The Bertz CT molecular complexity index is 330. The Morgan fingerprint density at radius 2 is 2.29 bits per heavy atom. The van der Waals surface area contributed by atoms with Gasteiger partial charge in [-0.15, -0.1) is 0 Å². The molecule has 0 saturated heterocycles. The number of aliphatic hydroxyl groups is 1. The molecule has 0 atom stereocenters. The topological polar surface area (TPSA) is 36.4 Å². The van der Waals surface area contributed by atoms with Gasteiger partial charge in [0.2, 0.25) is 0 Å². The lowest BCUT2D eigenvalue weighted by molar-refractivity contribution is 0.0149. The molecule has 0 aromatic carbocycles. The highest BCUT2D eigenvalue weighted by Crippen LogP contribution is 2.40. The highest BCUT2D eigenvalue weighted by Gasteiger charge is 2.36. The van der Waals surface area contributed by atoms with Crippen molar-refractivity contribution in [3.8, 4) is 0 Å². The van der Waals surface area contributed by atoms with Crippen molar-refractivity contribution >= 4 is 0 Å². The van der Waals surface area contributed by atoms with Crippen molar-refractivity contribution < 1.29 is 5.11 Å². The lowest BCUT2D eigenvalue weighted by Gasteiger charge is -2.43. The Morgan fingerprint density at radius 1 is 1.47 bits per heavy atom. The number of aromatic nitrogens is 1. The van der Waals surface area contributed by atoms with Crippen LogP contribution in [0, 0.1) is 5.41 Å². The summed E-state index contributed by atoms with van der Waals surface area (Å²) >= 11 is 0. The number of pyridine rings is 1. The maximum Gasteiger partial charge on any atom is 0.0499 e. The second-order valence-corrected chi connectivity index (χ2v) is 5.36. The Kier molecular flexibility index (Phi) is 4.13. The number of likely N-dealkylation sites (N-methyl/N-ethyl adjacent to an activating group) is 1. The molecule has 1 aliphatic rings. The number of hydrogen-bond acceptors (Lipinski definition) is 3. The fraction of sp³-hybridized carbons (Fsp3) is 0.643. The van der Waals surface area contributed by atoms with Crippen LogP contribution in [0.3, 0.4) is 0 Å². The Balaban J connectivity index is 1.76. The lowest BCUT2D eigenvalue weighted by atomic mass is 9.69. The predicted molar refractivity (Wildman–Crippen MR) is 68.8 cm³/mol. The summed E-state index contributed by atoms with van der Waals surface area (Å²) in [5.41, 5.74) is 1.48. The third-order valence-electron chi connectivity index (χ3n) is 3.86. The Hall–Kier alpha value is -0.930. The van der Waals surface area contributed by atoms with Crippen molar-refractivity contribution in [2.24, 2.45) is 5.41 Å². The molecule has 17 heavy (non-hydrogen) atoms. The fourth-order valence-corrected chi connectivity index (χ4v) is 2.56. The van der Waals surface area contributed by atoms with E-state index >= 15 is 0 Å². The van der Waals surface area contributed by atoms with Gasteiger partial charge in [0, 0.05) is 37.5 Å². The van der Waals surface area contributed by atoms with Crippen LogP contribution in [0.25, 0.3) is 0 Å². The summed E-state index contributed by atoms with van der Waals surface area (Å²) in [6.45, 7) is 2.39. The molecule has 3 heteroatoms. The van der Waals surface area contributed by atoms with Crippen molar-refractivity contribution in [1.29, 1.82) is 0 Å². The molecule has 1 aromatic heterocycles. The first-order chi connectivity index (χ1) is 8.24. The van der Waals surface area contributed by atoms with Crippen molar-refractivity contribution in [2.75, 3.05) is 26.7 Å². The van der Waals surface area contributed by atoms with Crippen LogP contribution in [0.15, 0.2) is 24.5 Å². The molecule has 0 unspecified atom stereocenters. The third kappa shape index (κ3) is 3.27. The molecule has 0 amide bonds. The maximum absolute atomic E-state index is 9.43. The van der Waals surface area contributed by atoms with Crippen molar-refractivity contribution in [3.63, 3.8) is 0 Å². The molecule has 1 aromatic rings. The predicted octanol–water partition coefficient (Wildman–Crippen LogP) is 1.72. The minimum Gasteiger partial charge on any atom is -0.396 e. The van der Waals surface area contributed by atoms with Gasteiger partial charge in [-0.3, -0.25) is 4.98 Å². The third-order valence-corrected chi connectivity index (χ3v) is 3.86. The second-order valence-electron chi connectivity index (χ2n) is 5.36. The van der Waals surface area contributed by atoms with E-state index in [2.05, 4.69) is 23.0 Å². The number of aliphatic hydroxyl groups excluding tert-OH is 1. The van der Waals surface area contributed by atoms with Gasteiger partial charge in [-0.1, -0.05) is 12.5 Å². The first-order valence-corrected chi connectivity index (χ1v) is 6.42. The molecule has 0 aliphatic heterocycles. The quantitative estimate of drug-likeness (QED) is 0.814. The zero-order valence-electron chi connectivity index (χ0n) is 10.6. The fourth-order valence-electron chi connectivity index (χ4n) is 2.56. The van der Waals surface area contributed by atoms with Gasteiger partial charge < -0.3 is 10.0 Å². The van der Waals surface area contributed by atoms with E-state index in [0.29, 0.717) is 6.61 Å². The monoisotopic (exact) mass is 234 g/mol. The maximum atomic E-state index is 9.43. The summed E-state index contributed by atoms with van der Waals surface area (Å²) in [5.74, 6) is 0. The van der Waals surface area contributed by atoms with E-state index in [1.54, 1.807) is 0 Å². The normalized spacial score (nSPS) is 18.1. The number of hydrogen-bond donors (Lipinski definition) is 1.